The van der Waals surface area contributed by atoms with Crippen molar-refractivity contribution in [3.63, 3.8) is 0 Å². The van der Waals surface area contributed by atoms with Gasteiger partial charge in [-0.05, 0) is 44.5 Å². The Morgan fingerprint density at radius 3 is 2.96 bits per heavy atom. The molecule has 23 heavy (non-hydrogen) atoms. The molecular formula is C17H22N6. The van der Waals surface area contributed by atoms with E-state index in [1.54, 1.807) is 6.34 Å². The highest BCUT2D eigenvalue weighted by molar-refractivity contribution is 5.93. The summed E-state index contributed by atoms with van der Waals surface area (Å²) in [5.74, 6) is 0.410. The molecule has 2 atom stereocenters. The van der Waals surface area contributed by atoms with E-state index in [9.17, 15) is 0 Å². The van der Waals surface area contributed by atoms with Crippen LogP contribution in [0, 0.1) is 0 Å². The summed E-state index contributed by atoms with van der Waals surface area (Å²) in [6.07, 6.45) is 4.04. The zero-order valence-corrected chi connectivity index (χ0v) is 13.3. The SMILES string of the molecule is C[C@@H](c1cccc(C2=C3NC=NC3N=C(N)N2)c1)N1CCCC1. The highest BCUT2D eigenvalue weighted by atomic mass is 15.3. The number of nitrogens with two attached hydrogens (primary N) is 1. The molecule has 3 heterocycles. The number of benzene rings is 1. The molecule has 1 saturated heterocycles. The number of nitrogens with zero attached hydrogens (tertiary/aromatic N) is 3. The Morgan fingerprint density at radius 2 is 2.13 bits per heavy atom. The second-order valence-electron chi connectivity index (χ2n) is 6.27. The molecule has 1 aromatic rings. The first kappa shape index (κ1) is 14.3. The molecule has 3 aliphatic heterocycles. The standard InChI is InChI=1S/C17H22N6/c1-11(23-7-2-3-8-23)12-5-4-6-13(9-12)14-15-16(20-10-19-15)22-17(18)21-14/h4-6,9-11,16H,2-3,7-8H2,1H3,(H,19,20)(H3,18,21,22)/t11-,16?/m0/s1. The number of likely N-dealkylation sites (tertiary alicyclic amines) is 1. The van der Waals surface area contributed by atoms with E-state index in [-0.39, 0.29) is 6.17 Å². The van der Waals surface area contributed by atoms with Gasteiger partial charge in [0.1, 0.15) is 0 Å². The summed E-state index contributed by atoms with van der Waals surface area (Å²) in [6, 6.07) is 9.09. The molecule has 4 N–H and O–H groups in total. The van der Waals surface area contributed by atoms with Crippen molar-refractivity contribution < 1.29 is 0 Å². The van der Waals surface area contributed by atoms with Gasteiger partial charge in [-0.1, -0.05) is 18.2 Å². The van der Waals surface area contributed by atoms with Crippen molar-refractivity contribution in [1.29, 1.82) is 0 Å². The Balaban J connectivity index is 1.66. The molecule has 0 saturated carbocycles. The van der Waals surface area contributed by atoms with E-state index in [1.165, 1.54) is 31.5 Å². The Morgan fingerprint density at radius 1 is 1.30 bits per heavy atom. The molecule has 6 heteroatoms. The van der Waals surface area contributed by atoms with Crippen LogP contribution in [0.1, 0.15) is 36.9 Å². The highest BCUT2D eigenvalue weighted by Crippen LogP contribution is 2.29. The van der Waals surface area contributed by atoms with Crippen LogP contribution in [0.15, 0.2) is 39.9 Å². The highest BCUT2D eigenvalue weighted by Gasteiger charge is 2.27. The monoisotopic (exact) mass is 310 g/mol. The maximum absolute atomic E-state index is 5.91. The van der Waals surface area contributed by atoms with Gasteiger partial charge >= 0.3 is 0 Å². The molecule has 0 aromatic heterocycles. The van der Waals surface area contributed by atoms with E-state index >= 15 is 0 Å². The molecule has 1 fully saturated rings. The van der Waals surface area contributed by atoms with Crippen molar-refractivity contribution in [3.8, 4) is 0 Å². The zero-order valence-electron chi connectivity index (χ0n) is 13.3. The first-order chi connectivity index (χ1) is 11.2. The van der Waals surface area contributed by atoms with Crippen LogP contribution >= 0.6 is 0 Å². The number of hydrogen-bond donors (Lipinski definition) is 3. The molecule has 120 valence electrons. The van der Waals surface area contributed by atoms with Crippen molar-refractivity contribution in [3.05, 3.63) is 41.1 Å². The Kier molecular flexibility index (Phi) is 3.53. The number of guanidine groups is 1. The molecule has 1 aromatic carbocycles. The van der Waals surface area contributed by atoms with Gasteiger partial charge in [0, 0.05) is 11.6 Å². The molecule has 0 bridgehead atoms. The first-order valence-corrected chi connectivity index (χ1v) is 8.19. The molecule has 0 radical (unpaired) electrons. The molecular weight excluding hydrogens is 288 g/mol. The van der Waals surface area contributed by atoms with E-state index in [0.29, 0.717) is 12.0 Å². The van der Waals surface area contributed by atoms with Crippen LogP contribution in [0.25, 0.3) is 5.70 Å². The Bertz CT molecular complexity index is 699. The number of rotatable bonds is 3. The minimum Gasteiger partial charge on any atom is -0.370 e. The normalized spacial score (nSPS) is 24.9. The van der Waals surface area contributed by atoms with Gasteiger partial charge in [-0.3, -0.25) is 4.90 Å². The minimum absolute atomic E-state index is 0.245. The lowest BCUT2D eigenvalue weighted by Gasteiger charge is -2.26. The average molecular weight is 310 g/mol. The Hall–Kier alpha value is -2.34. The average Bonchev–Trinajstić information content (AvgIpc) is 3.24. The fourth-order valence-electron chi connectivity index (χ4n) is 3.51. The maximum atomic E-state index is 5.91. The van der Waals surface area contributed by atoms with Gasteiger partial charge in [0.05, 0.1) is 17.7 Å². The summed E-state index contributed by atoms with van der Waals surface area (Å²) in [5, 5.41) is 6.37. The van der Waals surface area contributed by atoms with Crippen molar-refractivity contribution in [2.24, 2.45) is 15.7 Å². The third-order valence-electron chi connectivity index (χ3n) is 4.82. The van der Waals surface area contributed by atoms with E-state index in [4.69, 9.17) is 5.73 Å². The topological polar surface area (TPSA) is 78.0 Å². The number of fused-ring (bicyclic) bond motifs is 1. The lowest BCUT2D eigenvalue weighted by molar-refractivity contribution is 0.263. The molecule has 6 nitrogen and oxygen atoms in total. The van der Waals surface area contributed by atoms with Crippen molar-refractivity contribution in [1.82, 2.24) is 15.5 Å². The van der Waals surface area contributed by atoms with Crippen LogP contribution in [-0.4, -0.2) is 36.5 Å². The van der Waals surface area contributed by atoms with Gasteiger partial charge < -0.3 is 16.4 Å². The first-order valence-electron chi connectivity index (χ1n) is 8.19. The van der Waals surface area contributed by atoms with Gasteiger partial charge in [0.25, 0.3) is 0 Å². The fraction of sp³-hybridized carbons (Fsp3) is 0.412. The smallest absolute Gasteiger partial charge is 0.195 e. The van der Waals surface area contributed by atoms with Gasteiger partial charge in [-0.25, -0.2) is 9.98 Å². The minimum atomic E-state index is -0.245. The molecule has 1 unspecified atom stereocenters. The van der Waals surface area contributed by atoms with E-state index in [1.807, 2.05) is 0 Å². The summed E-state index contributed by atoms with van der Waals surface area (Å²) in [4.78, 5) is 11.1. The van der Waals surface area contributed by atoms with E-state index < -0.39 is 0 Å². The van der Waals surface area contributed by atoms with E-state index in [2.05, 4.69) is 56.7 Å². The van der Waals surface area contributed by atoms with Gasteiger partial charge in [0.15, 0.2) is 12.1 Å². The Labute approximate surface area is 136 Å². The quantitative estimate of drug-likeness (QED) is 0.788. The largest absolute Gasteiger partial charge is 0.370 e. The molecule has 0 aliphatic carbocycles. The summed E-state index contributed by atoms with van der Waals surface area (Å²) in [5.41, 5.74) is 10.3. The number of aliphatic imine (C=N–C) groups is 2. The van der Waals surface area contributed by atoms with E-state index in [0.717, 1.165) is 17.0 Å². The second kappa shape index (κ2) is 5.70. The van der Waals surface area contributed by atoms with Crippen LogP contribution in [0.5, 0.6) is 0 Å². The van der Waals surface area contributed by atoms with Crippen molar-refractivity contribution in [2.45, 2.75) is 32.0 Å². The summed E-state index contributed by atoms with van der Waals surface area (Å²) in [7, 11) is 0. The van der Waals surface area contributed by atoms with Crippen LogP contribution in [0.3, 0.4) is 0 Å². The lowest BCUT2D eigenvalue weighted by atomic mass is 10.0. The number of hydrogen-bond acceptors (Lipinski definition) is 6. The van der Waals surface area contributed by atoms with Crippen LogP contribution in [-0.2, 0) is 0 Å². The summed E-state index contributed by atoms with van der Waals surface area (Å²) in [6.45, 7) is 4.66. The third-order valence-corrected chi connectivity index (χ3v) is 4.82. The van der Waals surface area contributed by atoms with Gasteiger partial charge in [0.2, 0.25) is 0 Å². The van der Waals surface area contributed by atoms with Crippen molar-refractivity contribution in [2.75, 3.05) is 13.1 Å². The molecule has 0 spiro atoms. The lowest BCUT2D eigenvalue weighted by Crippen LogP contribution is -2.38. The third kappa shape index (κ3) is 2.59. The predicted molar refractivity (Wildman–Crippen MR) is 92.8 cm³/mol. The van der Waals surface area contributed by atoms with Crippen LogP contribution in [0.4, 0.5) is 0 Å². The summed E-state index contributed by atoms with van der Waals surface area (Å²) >= 11 is 0. The second-order valence-corrected chi connectivity index (χ2v) is 6.27. The van der Waals surface area contributed by atoms with Gasteiger partial charge in [-0.2, -0.15) is 0 Å². The molecule has 0 amide bonds. The fourth-order valence-corrected chi connectivity index (χ4v) is 3.51. The maximum Gasteiger partial charge on any atom is 0.195 e. The van der Waals surface area contributed by atoms with Crippen molar-refractivity contribution >= 4 is 18.0 Å². The summed E-state index contributed by atoms with van der Waals surface area (Å²) < 4.78 is 0. The molecule has 3 aliphatic rings. The van der Waals surface area contributed by atoms with Gasteiger partial charge in [-0.15, -0.1) is 0 Å². The predicted octanol–water partition coefficient (Wildman–Crippen LogP) is 1.39. The molecule has 4 rings (SSSR count). The number of nitrogens with one attached hydrogen (secondary N) is 2. The van der Waals surface area contributed by atoms with Crippen LogP contribution < -0.4 is 16.4 Å². The zero-order chi connectivity index (χ0) is 15.8. The van der Waals surface area contributed by atoms with Crippen LogP contribution in [0.2, 0.25) is 0 Å².